The molecule has 624 valence electrons. The highest BCUT2D eigenvalue weighted by Crippen LogP contribution is 2.33. The van der Waals surface area contributed by atoms with Gasteiger partial charge in [-0.3, -0.25) is 0 Å². The van der Waals surface area contributed by atoms with Gasteiger partial charge in [-0.05, 0) is 195 Å². The van der Waals surface area contributed by atoms with Crippen LogP contribution in [-0.2, 0) is 0 Å². The van der Waals surface area contributed by atoms with E-state index < -0.39 is 0 Å². The lowest BCUT2D eigenvalue weighted by molar-refractivity contribution is 0.415. The summed E-state index contributed by atoms with van der Waals surface area (Å²) in [5, 5.41) is 41.8. The van der Waals surface area contributed by atoms with Crippen molar-refractivity contribution >= 4 is 209 Å². The van der Waals surface area contributed by atoms with Gasteiger partial charge < -0.3 is 82.7 Å². The molecule has 0 saturated carbocycles. The molecule has 0 aliphatic rings. The summed E-state index contributed by atoms with van der Waals surface area (Å²) in [4.78, 5) is 53.9. The maximum atomic E-state index is 6.29. The average molecular weight is 1770 g/mol. The standard InChI is InChI=1S/2C23H21ClN6O2.2C22H18Cl2N6/c1-31-19-10-4-8-17(13-19)26-22-28-21(25-16-7-3-6-15(24)12-16)29-23(30-22)27-18-9-5-11-20(14-18)32-2;1-31-17-9-5-7-15(13-17)25-21-28-22(26-16-8-6-10-18(14-16)32-2)30-23(29-21)27-20-12-4-3-11-19(20)24;1-14-5-2-8-17(11-14)25-20-28-21(26-18-9-3-6-15(23)12-18)30-22(29-20)27-19-10-4-7-16(24)13-19;1-14-6-2-3-11-19(14)27-22-29-20(25-17-9-4-7-15(23)12-17)28-21(30-22)26-18-10-5-8-16(24)13-18/h2*3-14H,1-2H3,(H3,25,26,27,28,29,30);2*2-13H,1H3,(H3,25,26,27,28,29,30). The molecule has 12 aromatic carbocycles. The summed E-state index contributed by atoms with van der Waals surface area (Å²) in [5.74, 6) is 7.18. The monoisotopic (exact) mass is 1770 g/mol. The van der Waals surface area contributed by atoms with E-state index in [4.69, 9.17) is 88.6 Å². The number of para-hydroxylation sites is 2. The summed E-state index contributed by atoms with van der Waals surface area (Å²) in [6, 6.07) is 89.8. The number of ether oxygens (including phenoxy) is 4. The van der Waals surface area contributed by atoms with Gasteiger partial charge in [0.1, 0.15) is 23.0 Å². The molecule has 0 saturated heterocycles. The van der Waals surface area contributed by atoms with Crippen LogP contribution in [-0.4, -0.2) is 88.2 Å². The molecule has 4 heterocycles. The summed E-state index contributed by atoms with van der Waals surface area (Å²) < 4.78 is 21.2. The SMILES string of the molecule is COc1cccc(Nc2nc(Nc3cccc(Cl)c3)nc(Nc3cccc(OC)c3)n2)c1.COc1cccc(Nc2nc(Nc3cccc(OC)c3)nc(Nc3ccccc3Cl)n2)c1.Cc1cccc(Nc2nc(Nc3cccc(Cl)c3)nc(Nc3cccc(Cl)c3)n2)c1.Cc1ccccc1Nc1nc(Nc2cccc(Cl)c2)nc(Nc2cccc(Cl)c2)n1. The normalized spacial score (nSPS) is 10.4. The molecule has 0 bridgehead atoms. The van der Waals surface area contributed by atoms with Crippen LogP contribution < -0.4 is 82.7 Å². The van der Waals surface area contributed by atoms with Crippen molar-refractivity contribution < 1.29 is 18.9 Å². The molecule has 0 spiro atoms. The zero-order valence-electron chi connectivity index (χ0n) is 67.0. The molecule has 4 aromatic heterocycles. The van der Waals surface area contributed by atoms with Crippen LogP contribution in [0.3, 0.4) is 0 Å². The number of benzene rings is 12. The van der Waals surface area contributed by atoms with Gasteiger partial charge in [0.25, 0.3) is 0 Å². The number of aryl methyl sites for hydroxylation is 2. The van der Waals surface area contributed by atoms with Gasteiger partial charge in [0.2, 0.25) is 71.4 Å². The summed E-state index contributed by atoms with van der Waals surface area (Å²) in [6.07, 6.45) is 0. The molecule has 0 aliphatic carbocycles. The van der Waals surface area contributed by atoms with Crippen molar-refractivity contribution in [3.05, 3.63) is 332 Å². The molecule has 16 aromatic rings. The first-order chi connectivity index (χ1) is 60.3. The lowest BCUT2D eigenvalue weighted by atomic mass is 10.2. The second kappa shape index (κ2) is 43.4. The molecule has 28 nitrogen and oxygen atoms in total. The maximum Gasteiger partial charge on any atom is 0.233 e. The van der Waals surface area contributed by atoms with E-state index in [1.807, 2.05) is 238 Å². The van der Waals surface area contributed by atoms with Crippen molar-refractivity contribution in [1.82, 2.24) is 59.8 Å². The topological polar surface area (TPSA) is 336 Å². The van der Waals surface area contributed by atoms with E-state index in [-0.39, 0.29) is 0 Å². The van der Waals surface area contributed by atoms with Gasteiger partial charge in [-0.1, -0.05) is 167 Å². The number of nitrogens with zero attached hydrogens (tertiary/aromatic N) is 12. The molecule has 34 heteroatoms. The predicted molar refractivity (Wildman–Crippen MR) is 502 cm³/mol. The number of nitrogens with one attached hydrogen (secondary N) is 12. The Morgan fingerprint density at radius 2 is 0.395 bits per heavy atom. The first-order valence-corrected chi connectivity index (χ1v) is 40.1. The molecule has 0 radical (unpaired) electrons. The van der Waals surface area contributed by atoms with Crippen molar-refractivity contribution in [3.63, 3.8) is 0 Å². The molecule has 0 fully saturated rings. The molecule has 16 rings (SSSR count). The maximum absolute atomic E-state index is 6.29. The van der Waals surface area contributed by atoms with E-state index in [1.165, 1.54) is 0 Å². The molecule has 0 unspecified atom stereocenters. The predicted octanol–water partition coefficient (Wildman–Crippen LogP) is 25.0. The average Bonchev–Trinajstić information content (AvgIpc) is 0.842. The van der Waals surface area contributed by atoms with E-state index in [2.05, 4.69) is 124 Å². The first kappa shape index (κ1) is 87.0. The second-order valence-electron chi connectivity index (χ2n) is 26.4. The fourth-order valence-electron chi connectivity index (χ4n) is 11.3. The highest BCUT2D eigenvalue weighted by atomic mass is 35.5. The molecule has 124 heavy (non-hydrogen) atoms. The lowest BCUT2D eigenvalue weighted by Gasteiger charge is -2.13. The van der Waals surface area contributed by atoms with Crippen LogP contribution in [0.1, 0.15) is 11.1 Å². The van der Waals surface area contributed by atoms with Crippen LogP contribution in [0.25, 0.3) is 0 Å². The van der Waals surface area contributed by atoms with Gasteiger partial charge in [-0.15, -0.1) is 0 Å². The minimum absolute atomic E-state index is 0.323. The quantitative estimate of drug-likeness (QED) is 0.0217. The minimum Gasteiger partial charge on any atom is -0.497 e. The smallest absolute Gasteiger partial charge is 0.233 e. The molecule has 0 aliphatic heterocycles. The fraction of sp³-hybridized carbons (Fsp3) is 0.0667. The van der Waals surface area contributed by atoms with Crippen molar-refractivity contribution in [2.45, 2.75) is 13.8 Å². The highest BCUT2D eigenvalue weighted by molar-refractivity contribution is 6.33. The minimum atomic E-state index is 0.323. The van der Waals surface area contributed by atoms with Crippen LogP contribution in [0.15, 0.2) is 291 Å². The molecule has 0 amide bonds. The number of aromatic nitrogens is 12. The number of hydrogen-bond donors (Lipinski definition) is 12. The Labute approximate surface area is 744 Å². The Balaban J connectivity index is 0.000000142. The second-order valence-corrected chi connectivity index (χ2v) is 29.0. The van der Waals surface area contributed by atoms with Crippen molar-refractivity contribution in [3.8, 4) is 23.0 Å². The molecule has 12 N–H and O–H groups in total. The third kappa shape index (κ3) is 27.1. The van der Waals surface area contributed by atoms with Crippen LogP contribution in [0.2, 0.25) is 30.1 Å². The van der Waals surface area contributed by atoms with Crippen LogP contribution in [0, 0.1) is 13.8 Å². The van der Waals surface area contributed by atoms with Crippen LogP contribution in [0.4, 0.5) is 140 Å². The van der Waals surface area contributed by atoms with Crippen LogP contribution in [0.5, 0.6) is 23.0 Å². The van der Waals surface area contributed by atoms with E-state index >= 15 is 0 Å². The Morgan fingerprint density at radius 3 is 0.629 bits per heavy atom. The van der Waals surface area contributed by atoms with Gasteiger partial charge in [-0.25, -0.2) is 0 Å². The summed E-state index contributed by atoms with van der Waals surface area (Å²) in [6.45, 7) is 4.04. The van der Waals surface area contributed by atoms with Gasteiger partial charge in [0.05, 0.1) is 39.1 Å². The molecular formula is C90H78Cl6N24O4. The summed E-state index contributed by atoms with van der Waals surface area (Å²) in [5.41, 5.74) is 11.6. The van der Waals surface area contributed by atoms with Crippen LogP contribution >= 0.6 is 69.6 Å². The number of halogens is 6. The fourth-order valence-corrected chi connectivity index (χ4v) is 12.5. The van der Waals surface area contributed by atoms with Gasteiger partial charge >= 0.3 is 0 Å². The Bertz CT molecular complexity index is 5950. The summed E-state index contributed by atoms with van der Waals surface area (Å²) >= 11 is 36.7. The number of rotatable bonds is 28. The van der Waals surface area contributed by atoms with E-state index in [0.29, 0.717) is 119 Å². The highest BCUT2D eigenvalue weighted by Gasteiger charge is 2.17. The largest absolute Gasteiger partial charge is 0.497 e. The molecule has 0 atom stereocenters. The Hall–Kier alpha value is -14.8. The van der Waals surface area contributed by atoms with Crippen molar-refractivity contribution in [2.24, 2.45) is 0 Å². The third-order valence-corrected chi connectivity index (χ3v) is 18.5. The zero-order valence-corrected chi connectivity index (χ0v) is 71.5. The number of methoxy groups -OCH3 is 4. The van der Waals surface area contributed by atoms with Crippen molar-refractivity contribution in [2.75, 3.05) is 92.2 Å². The van der Waals surface area contributed by atoms with Gasteiger partial charge in [0.15, 0.2) is 0 Å². The van der Waals surface area contributed by atoms with Crippen molar-refractivity contribution in [1.29, 1.82) is 0 Å². The van der Waals surface area contributed by atoms with E-state index in [1.54, 1.807) is 95.2 Å². The Morgan fingerprint density at radius 1 is 0.194 bits per heavy atom. The number of anilines is 24. The molecular weight excluding hydrogens is 1690 g/mol. The van der Waals surface area contributed by atoms with Gasteiger partial charge in [-0.2, -0.15) is 59.8 Å². The Kier molecular flexibility index (Phi) is 30.5. The number of hydrogen-bond acceptors (Lipinski definition) is 28. The van der Waals surface area contributed by atoms with E-state index in [0.717, 1.165) is 85.2 Å². The third-order valence-electron chi connectivity index (χ3n) is 17.0. The van der Waals surface area contributed by atoms with Gasteiger partial charge in [0, 0.05) is 112 Å². The zero-order chi connectivity index (χ0) is 86.5. The first-order valence-electron chi connectivity index (χ1n) is 37.8. The summed E-state index contributed by atoms with van der Waals surface area (Å²) in [7, 11) is 6.46. The lowest BCUT2D eigenvalue weighted by Crippen LogP contribution is -2.07. The van der Waals surface area contributed by atoms with E-state index in [9.17, 15) is 0 Å².